The second-order valence-electron chi connectivity index (χ2n) is 5.97. The van der Waals surface area contributed by atoms with Gasteiger partial charge in [0.25, 0.3) is 15.9 Å². The van der Waals surface area contributed by atoms with Gasteiger partial charge in [-0.1, -0.05) is 24.3 Å². The molecule has 1 N–H and O–H groups in total. The predicted octanol–water partition coefficient (Wildman–Crippen LogP) is 2.24. The van der Waals surface area contributed by atoms with E-state index in [1.807, 2.05) is 0 Å². The Hall–Kier alpha value is -2.74. The number of rotatable bonds is 5. The highest BCUT2D eigenvalue weighted by molar-refractivity contribution is 7.90. The number of benzene rings is 2. The summed E-state index contributed by atoms with van der Waals surface area (Å²) in [6.45, 7) is 1.50. The van der Waals surface area contributed by atoms with Crippen LogP contribution in [0.5, 0.6) is 0 Å². The van der Waals surface area contributed by atoms with Gasteiger partial charge in [-0.25, -0.2) is 17.1 Å². The molecule has 0 fully saturated rings. The summed E-state index contributed by atoms with van der Waals surface area (Å²) in [6, 6.07) is 11.3. The zero-order valence-corrected chi connectivity index (χ0v) is 14.8. The molecule has 0 saturated heterocycles. The summed E-state index contributed by atoms with van der Waals surface area (Å²) >= 11 is 0. The molecule has 6 nitrogen and oxygen atoms in total. The number of halogens is 1. The van der Waals surface area contributed by atoms with Crippen molar-refractivity contribution in [3.63, 3.8) is 0 Å². The van der Waals surface area contributed by atoms with Crippen molar-refractivity contribution in [3.8, 4) is 0 Å². The number of carbonyl (C=O) groups excluding carboxylic acids is 2. The number of hydrogen-bond donors (Lipinski definition) is 1. The minimum absolute atomic E-state index is 0.0370. The van der Waals surface area contributed by atoms with E-state index >= 15 is 0 Å². The normalized spacial score (nSPS) is 16.2. The lowest BCUT2D eigenvalue weighted by atomic mass is 10.1. The molecule has 1 aliphatic rings. The van der Waals surface area contributed by atoms with Gasteiger partial charge < -0.3 is 5.32 Å². The molecule has 2 aromatic rings. The number of hydrogen-bond acceptors (Lipinski definition) is 4. The van der Waals surface area contributed by atoms with E-state index in [1.54, 1.807) is 31.2 Å². The second kappa shape index (κ2) is 6.87. The van der Waals surface area contributed by atoms with E-state index in [1.165, 1.54) is 24.3 Å². The fourth-order valence-electron chi connectivity index (χ4n) is 2.80. The smallest absolute Gasteiger partial charge is 0.269 e. The van der Waals surface area contributed by atoms with Crippen molar-refractivity contribution in [2.45, 2.75) is 24.3 Å². The Morgan fingerprint density at radius 1 is 1.15 bits per heavy atom. The van der Waals surface area contributed by atoms with Crippen molar-refractivity contribution in [2.75, 3.05) is 6.54 Å². The fraction of sp³-hybridized carbons (Fsp3) is 0.222. The van der Waals surface area contributed by atoms with Gasteiger partial charge in [0.2, 0.25) is 5.91 Å². The third kappa shape index (κ3) is 3.32. The van der Waals surface area contributed by atoms with Gasteiger partial charge in [-0.2, -0.15) is 0 Å². The molecule has 1 heterocycles. The van der Waals surface area contributed by atoms with Crippen molar-refractivity contribution >= 4 is 21.8 Å². The monoisotopic (exact) mass is 376 g/mol. The van der Waals surface area contributed by atoms with E-state index in [0.717, 1.165) is 9.87 Å². The van der Waals surface area contributed by atoms with Crippen LogP contribution in [0, 0.1) is 5.82 Å². The zero-order valence-electron chi connectivity index (χ0n) is 14.0. The van der Waals surface area contributed by atoms with Crippen LogP contribution in [0.4, 0.5) is 4.39 Å². The molecule has 0 saturated carbocycles. The first kappa shape index (κ1) is 18.1. The first-order chi connectivity index (χ1) is 12.3. The molecule has 2 aromatic carbocycles. The Morgan fingerprint density at radius 3 is 2.46 bits per heavy atom. The average molecular weight is 376 g/mol. The van der Waals surface area contributed by atoms with E-state index in [-0.39, 0.29) is 35.3 Å². The van der Waals surface area contributed by atoms with Crippen molar-refractivity contribution < 1.29 is 22.4 Å². The highest BCUT2D eigenvalue weighted by Gasteiger charge is 2.40. The molecular formula is C18H17FN2O4S. The topological polar surface area (TPSA) is 83.6 Å². The van der Waals surface area contributed by atoms with E-state index < -0.39 is 21.8 Å². The van der Waals surface area contributed by atoms with Gasteiger partial charge in [0.1, 0.15) is 10.7 Å². The van der Waals surface area contributed by atoms with Gasteiger partial charge in [-0.3, -0.25) is 9.59 Å². The third-order valence-electron chi connectivity index (χ3n) is 4.20. The number of fused-ring (bicyclic) bond motifs is 1. The number of sulfonamides is 1. The quantitative estimate of drug-likeness (QED) is 0.867. The zero-order chi connectivity index (χ0) is 18.9. The first-order valence-corrected chi connectivity index (χ1v) is 9.45. The van der Waals surface area contributed by atoms with Crippen LogP contribution < -0.4 is 5.32 Å². The summed E-state index contributed by atoms with van der Waals surface area (Å²) in [4.78, 5) is 24.4. The van der Waals surface area contributed by atoms with Crippen molar-refractivity contribution in [2.24, 2.45) is 0 Å². The molecule has 0 aromatic heterocycles. The molecule has 3 rings (SSSR count). The van der Waals surface area contributed by atoms with Crippen molar-refractivity contribution in [1.82, 2.24) is 9.62 Å². The predicted molar refractivity (Wildman–Crippen MR) is 92.2 cm³/mol. The molecule has 1 atom stereocenters. The van der Waals surface area contributed by atoms with E-state index in [4.69, 9.17) is 0 Å². The molecule has 0 unspecified atom stereocenters. The number of nitrogens with zero attached hydrogens (tertiary/aromatic N) is 1. The Labute approximate surface area is 150 Å². The summed E-state index contributed by atoms with van der Waals surface area (Å²) in [5.41, 5.74) is 0.838. The maximum Gasteiger partial charge on any atom is 0.269 e. The third-order valence-corrected chi connectivity index (χ3v) is 6.04. The SMILES string of the molecule is C[C@H](NC(=O)CCN1C(=O)c2ccccc2S1(=O)=O)c1ccc(F)cc1. The molecule has 1 aliphatic heterocycles. The first-order valence-electron chi connectivity index (χ1n) is 8.01. The summed E-state index contributed by atoms with van der Waals surface area (Å²) < 4.78 is 38.5. The second-order valence-corrected chi connectivity index (χ2v) is 7.80. The van der Waals surface area contributed by atoms with Crippen molar-refractivity contribution in [1.29, 1.82) is 0 Å². The van der Waals surface area contributed by atoms with Gasteiger partial charge in [-0.15, -0.1) is 0 Å². The summed E-state index contributed by atoms with van der Waals surface area (Å²) in [5.74, 6) is -1.40. The van der Waals surface area contributed by atoms with Gasteiger partial charge in [-0.05, 0) is 36.8 Å². The van der Waals surface area contributed by atoms with E-state index in [9.17, 15) is 22.4 Å². The molecule has 0 bridgehead atoms. The standard InChI is InChI=1S/C18H17FN2O4S/c1-12(13-6-8-14(19)9-7-13)20-17(22)10-11-21-18(23)15-4-2-3-5-16(15)26(21,24)25/h2-9,12H,10-11H2,1H3,(H,20,22)/t12-/m0/s1. The van der Waals surface area contributed by atoms with Gasteiger partial charge >= 0.3 is 0 Å². The van der Waals surface area contributed by atoms with Crippen LogP contribution in [-0.4, -0.2) is 31.1 Å². The van der Waals surface area contributed by atoms with Gasteiger partial charge in [0, 0.05) is 13.0 Å². The average Bonchev–Trinajstić information content (AvgIpc) is 2.80. The van der Waals surface area contributed by atoms with E-state index in [0.29, 0.717) is 0 Å². The molecule has 0 radical (unpaired) electrons. The molecular weight excluding hydrogens is 359 g/mol. The number of nitrogens with one attached hydrogen (secondary N) is 1. The van der Waals surface area contributed by atoms with Crippen LogP contribution in [-0.2, 0) is 14.8 Å². The molecule has 136 valence electrons. The Balaban J connectivity index is 1.63. The lowest BCUT2D eigenvalue weighted by molar-refractivity contribution is -0.121. The molecule has 0 aliphatic carbocycles. The highest BCUT2D eigenvalue weighted by atomic mass is 32.2. The number of carbonyl (C=O) groups is 2. The van der Waals surface area contributed by atoms with E-state index in [2.05, 4.69) is 5.32 Å². The molecule has 2 amide bonds. The van der Waals surface area contributed by atoms with Crippen LogP contribution in [0.15, 0.2) is 53.4 Å². The maximum atomic E-state index is 12.9. The van der Waals surface area contributed by atoms with Gasteiger partial charge in [0.05, 0.1) is 11.6 Å². The molecule has 8 heteroatoms. The summed E-state index contributed by atoms with van der Waals surface area (Å²) in [5, 5.41) is 2.71. The van der Waals surface area contributed by atoms with Crippen LogP contribution in [0.1, 0.15) is 35.3 Å². The maximum absolute atomic E-state index is 12.9. The Kier molecular flexibility index (Phi) is 4.78. The van der Waals surface area contributed by atoms with Crippen LogP contribution in [0.2, 0.25) is 0 Å². The number of amides is 2. The summed E-state index contributed by atoms with van der Waals surface area (Å²) in [6.07, 6.45) is -0.162. The fourth-order valence-corrected chi connectivity index (χ4v) is 4.37. The van der Waals surface area contributed by atoms with Crippen molar-refractivity contribution in [3.05, 3.63) is 65.5 Å². The van der Waals surface area contributed by atoms with Crippen LogP contribution in [0.25, 0.3) is 0 Å². The minimum atomic E-state index is -3.91. The van der Waals surface area contributed by atoms with Crippen LogP contribution in [0.3, 0.4) is 0 Å². The lowest BCUT2D eigenvalue weighted by Crippen LogP contribution is -2.35. The largest absolute Gasteiger partial charge is 0.350 e. The Morgan fingerprint density at radius 2 is 1.81 bits per heavy atom. The van der Waals surface area contributed by atoms with Crippen LogP contribution >= 0.6 is 0 Å². The lowest BCUT2D eigenvalue weighted by Gasteiger charge is -2.17. The molecule has 26 heavy (non-hydrogen) atoms. The Bertz CT molecular complexity index is 957. The van der Waals surface area contributed by atoms with Gasteiger partial charge in [0.15, 0.2) is 0 Å². The minimum Gasteiger partial charge on any atom is -0.350 e. The molecule has 0 spiro atoms. The highest BCUT2D eigenvalue weighted by Crippen LogP contribution is 2.29. The summed E-state index contributed by atoms with van der Waals surface area (Å²) in [7, 11) is -3.91.